The van der Waals surface area contributed by atoms with Crippen LogP contribution in [0.5, 0.6) is 0 Å². The van der Waals surface area contributed by atoms with Crippen LogP contribution < -0.4 is 5.90 Å². The summed E-state index contributed by atoms with van der Waals surface area (Å²) in [6.07, 6.45) is 0.851. The first-order chi connectivity index (χ1) is 4.31. The van der Waals surface area contributed by atoms with Crippen molar-refractivity contribution in [1.82, 2.24) is 0 Å². The summed E-state index contributed by atoms with van der Waals surface area (Å²) in [7, 11) is 0. The fraction of sp³-hybridized carbons (Fsp3) is 0.500. The van der Waals surface area contributed by atoms with Gasteiger partial charge in [0.25, 0.3) is 0 Å². The molecule has 0 unspecified atom stereocenters. The van der Waals surface area contributed by atoms with Gasteiger partial charge in [0, 0.05) is 0 Å². The Labute approximate surface area is 52.4 Å². The molecule has 0 aliphatic carbocycles. The van der Waals surface area contributed by atoms with Crippen LogP contribution in [0.25, 0.3) is 0 Å². The largest absolute Gasteiger partial charge is 0.462 e. The summed E-state index contributed by atoms with van der Waals surface area (Å²) >= 11 is 0. The molecule has 0 aromatic heterocycles. The number of hydrogen-bond acceptors (Lipinski definition) is 5. The number of rotatable bonds is 3. The third-order valence-electron chi connectivity index (χ3n) is 0.506. The summed E-state index contributed by atoms with van der Waals surface area (Å²) in [4.78, 5) is 14.0. The molecule has 0 aromatic rings. The smallest absolute Gasteiger partial charge is 0.352 e. The van der Waals surface area contributed by atoms with Crippen LogP contribution in [0.15, 0.2) is 5.16 Å². The number of carbonyl (C=O) groups is 1. The summed E-state index contributed by atoms with van der Waals surface area (Å²) in [5.41, 5.74) is 0. The van der Waals surface area contributed by atoms with Crippen molar-refractivity contribution in [3.63, 3.8) is 0 Å². The standard InChI is InChI=1S/C4H8N2O3/c1-2-8-4(7)3-6-9-5/h3H,2,5H2,1H3. The number of oxime groups is 1. The molecule has 5 heteroatoms. The minimum Gasteiger partial charge on any atom is -0.462 e. The van der Waals surface area contributed by atoms with Crippen LogP contribution in [0, 0.1) is 0 Å². The van der Waals surface area contributed by atoms with Crippen LogP contribution in [0.4, 0.5) is 0 Å². The van der Waals surface area contributed by atoms with Crippen LogP contribution >= 0.6 is 0 Å². The zero-order valence-electron chi connectivity index (χ0n) is 5.03. The molecule has 0 amide bonds. The van der Waals surface area contributed by atoms with Crippen molar-refractivity contribution in [1.29, 1.82) is 0 Å². The van der Waals surface area contributed by atoms with E-state index >= 15 is 0 Å². The fourth-order valence-electron chi connectivity index (χ4n) is 0.253. The van der Waals surface area contributed by atoms with Crippen LogP contribution in [0.2, 0.25) is 0 Å². The fourth-order valence-corrected chi connectivity index (χ4v) is 0.253. The van der Waals surface area contributed by atoms with Gasteiger partial charge in [-0.15, -0.1) is 5.90 Å². The van der Waals surface area contributed by atoms with Crippen LogP contribution in [-0.2, 0) is 14.5 Å². The summed E-state index contributed by atoms with van der Waals surface area (Å²) in [5, 5.41) is 2.97. The molecule has 0 heterocycles. The van der Waals surface area contributed by atoms with E-state index in [-0.39, 0.29) is 0 Å². The Hall–Kier alpha value is -1.10. The Bertz CT molecular complexity index is 112. The lowest BCUT2D eigenvalue weighted by Crippen LogP contribution is -2.05. The van der Waals surface area contributed by atoms with E-state index < -0.39 is 5.97 Å². The molecule has 0 atom stereocenters. The van der Waals surface area contributed by atoms with E-state index in [0.29, 0.717) is 6.61 Å². The molecule has 9 heavy (non-hydrogen) atoms. The number of nitrogens with zero attached hydrogens (tertiary/aromatic N) is 1. The molecular weight excluding hydrogens is 124 g/mol. The summed E-state index contributed by atoms with van der Waals surface area (Å²) in [5.74, 6) is 3.90. The van der Waals surface area contributed by atoms with Crippen molar-refractivity contribution in [2.24, 2.45) is 11.1 Å². The van der Waals surface area contributed by atoms with Crippen molar-refractivity contribution < 1.29 is 14.5 Å². The Kier molecular flexibility index (Phi) is 4.43. The maximum Gasteiger partial charge on any atom is 0.352 e. The second-order valence-corrected chi connectivity index (χ2v) is 1.09. The minimum atomic E-state index is -0.567. The molecule has 0 bridgehead atoms. The van der Waals surface area contributed by atoms with E-state index in [0.717, 1.165) is 6.21 Å². The van der Waals surface area contributed by atoms with Gasteiger partial charge >= 0.3 is 5.97 Å². The van der Waals surface area contributed by atoms with Gasteiger partial charge in [-0.1, -0.05) is 5.16 Å². The third kappa shape index (κ3) is 4.76. The number of ether oxygens (including phenoxy) is 1. The highest BCUT2D eigenvalue weighted by molar-refractivity contribution is 6.22. The third-order valence-corrected chi connectivity index (χ3v) is 0.506. The Morgan fingerprint density at radius 2 is 2.56 bits per heavy atom. The highest BCUT2D eigenvalue weighted by Crippen LogP contribution is 1.72. The summed E-state index contributed by atoms with van der Waals surface area (Å²) in [6, 6.07) is 0. The number of esters is 1. The first-order valence-electron chi connectivity index (χ1n) is 2.37. The second kappa shape index (κ2) is 5.04. The average Bonchev–Trinajstić information content (AvgIpc) is 1.85. The van der Waals surface area contributed by atoms with Gasteiger partial charge in [0.15, 0.2) is 6.21 Å². The van der Waals surface area contributed by atoms with E-state index in [1.54, 1.807) is 6.92 Å². The van der Waals surface area contributed by atoms with Crippen molar-refractivity contribution in [3.05, 3.63) is 0 Å². The second-order valence-electron chi connectivity index (χ2n) is 1.09. The van der Waals surface area contributed by atoms with Crippen molar-refractivity contribution in [3.8, 4) is 0 Å². The molecule has 0 aliphatic rings. The van der Waals surface area contributed by atoms with Crippen LogP contribution in [-0.4, -0.2) is 18.8 Å². The van der Waals surface area contributed by atoms with Gasteiger partial charge in [-0.2, -0.15) is 0 Å². The topological polar surface area (TPSA) is 73.9 Å². The van der Waals surface area contributed by atoms with Gasteiger partial charge in [-0.3, -0.25) is 0 Å². The molecule has 0 fully saturated rings. The molecule has 52 valence electrons. The van der Waals surface area contributed by atoms with Crippen LogP contribution in [0.1, 0.15) is 6.92 Å². The lowest BCUT2D eigenvalue weighted by Gasteiger charge is -1.91. The number of carbonyl (C=O) groups excluding carboxylic acids is 1. The lowest BCUT2D eigenvalue weighted by atomic mass is 10.7. The van der Waals surface area contributed by atoms with Crippen molar-refractivity contribution in [2.75, 3.05) is 6.61 Å². The number of nitrogens with two attached hydrogens (primary N) is 1. The average molecular weight is 132 g/mol. The normalized spacial score (nSPS) is 9.56. The van der Waals surface area contributed by atoms with E-state index in [9.17, 15) is 4.79 Å². The van der Waals surface area contributed by atoms with Gasteiger partial charge in [-0.05, 0) is 6.92 Å². The molecule has 2 N–H and O–H groups in total. The molecule has 0 saturated heterocycles. The monoisotopic (exact) mass is 132 g/mol. The van der Waals surface area contributed by atoms with Crippen molar-refractivity contribution in [2.45, 2.75) is 6.92 Å². The highest BCUT2D eigenvalue weighted by Gasteiger charge is 1.92. The zero-order chi connectivity index (χ0) is 7.11. The molecule has 0 saturated carbocycles. The first-order valence-corrected chi connectivity index (χ1v) is 2.37. The first kappa shape index (κ1) is 7.90. The summed E-state index contributed by atoms with van der Waals surface area (Å²) in [6.45, 7) is 2.00. The molecule has 5 nitrogen and oxygen atoms in total. The van der Waals surface area contributed by atoms with E-state index in [1.165, 1.54) is 0 Å². The van der Waals surface area contributed by atoms with E-state index in [4.69, 9.17) is 0 Å². The molecular formula is C4H8N2O3. The predicted octanol–water partition coefficient (Wildman–Crippen LogP) is -0.574. The summed E-state index contributed by atoms with van der Waals surface area (Å²) < 4.78 is 4.42. The van der Waals surface area contributed by atoms with Crippen LogP contribution in [0.3, 0.4) is 0 Å². The SMILES string of the molecule is CCOC(=O)C=NON. The minimum absolute atomic E-state index is 0.315. The molecule has 0 aromatic carbocycles. The van der Waals surface area contributed by atoms with Gasteiger partial charge in [0.05, 0.1) is 6.61 Å². The highest BCUT2D eigenvalue weighted by atomic mass is 16.7. The molecule has 0 radical (unpaired) electrons. The van der Waals surface area contributed by atoms with Gasteiger partial charge < -0.3 is 9.68 Å². The molecule has 0 rings (SSSR count). The van der Waals surface area contributed by atoms with Gasteiger partial charge in [-0.25, -0.2) is 4.79 Å². The predicted molar refractivity (Wildman–Crippen MR) is 30.4 cm³/mol. The number of hydrogen-bond donors (Lipinski definition) is 1. The molecule has 0 aliphatic heterocycles. The zero-order valence-corrected chi connectivity index (χ0v) is 5.03. The Balaban J connectivity index is 3.37. The van der Waals surface area contributed by atoms with Gasteiger partial charge in [0.2, 0.25) is 0 Å². The molecule has 0 spiro atoms. The van der Waals surface area contributed by atoms with Gasteiger partial charge in [0.1, 0.15) is 0 Å². The maximum absolute atomic E-state index is 10.3. The lowest BCUT2D eigenvalue weighted by molar-refractivity contribution is -0.134. The quantitative estimate of drug-likeness (QED) is 0.317. The van der Waals surface area contributed by atoms with E-state index in [2.05, 4.69) is 20.7 Å². The maximum atomic E-state index is 10.3. The Morgan fingerprint density at radius 1 is 1.89 bits per heavy atom. The van der Waals surface area contributed by atoms with Crippen molar-refractivity contribution >= 4 is 12.2 Å². The Morgan fingerprint density at radius 3 is 3.00 bits per heavy atom. The van der Waals surface area contributed by atoms with E-state index in [1.807, 2.05) is 0 Å².